The number of aliphatic hydroxyl groups excluding tert-OH is 1. The summed E-state index contributed by atoms with van der Waals surface area (Å²) in [6.07, 6.45) is 11.7. The minimum absolute atomic E-state index is 0.524. The van der Waals surface area contributed by atoms with Crippen LogP contribution in [-0.4, -0.2) is 18.2 Å². The molecule has 1 heterocycles. The van der Waals surface area contributed by atoms with E-state index in [4.69, 9.17) is 4.42 Å². The van der Waals surface area contributed by atoms with Crippen LogP contribution in [0.3, 0.4) is 0 Å². The lowest BCUT2D eigenvalue weighted by Gasteiger charge is -2.09. The van der Waals surface area contributed by atoms with Gasteiger partial charge in [0.25, 0.3) is 0 Å². The van der Waals surface area contributed by atoms with Crippen molar-refractivity contribution in [2.75, 3.05) is 13.1 Å². The minimum Gasteiger partial charge on any atom is -0.467 e. The highest BCUT2D eigenvalue weighted by atomic mass is 16.4. The first-order chi connectivity index (χ1) is 9.34. The normalized spacial score (nSPS) is 12.7. The largest absolute Gasteiger partial charge is 0.467 e. The highest BCUT2D eigenvalue weighted by Gasteiger charge is 2.08. The summed E-state index contributed by atoms with van der Waals surface area (Å²) >= 11 is 0. The fraction of sp³-hybridized carbons (Fsp3) is 0.750. The molecule has 1 unspecified atom stereocenters. The lowest BCUT2D eigenvalue weighted by Crippen LogP contribution is -2.22. The van der Waals surface area contributed by atoms with Crippen LogP contribution in [0, 0.1) is 0 Å². The summed E-state index contributed by atoms with van der Waals surface area (Å²) in [7, 11) is 0. The molecular formula is C16H29NO2. The highest BCUT2D eigenvalue weighted by Crippen LogP contribution is 2.11. The van der Waals surface area contributed by atoms with Gasteiger partial charge in [-0.25, -0.2) is 0 Å². The first-order valence-electron chi connectivity index (χ1n) is 7.76. The standard InChI is InChI=1S/C16H29NO2/c1-2-3-4-5-6-7-8-9-12-17-14-15(18)16-11-10-13-19-16/h10-11,13,15,17-18H,2-9,12,14H2,1H3. The first kappa shape index (κ1) is 16.3. The number of rotatable bonds is 12. The van der Waals surface area contributed by atoms with Crippen molar-refractivity contribution in [3.8, 4) is 0 Å². The van der Waals surface area contributed by atoms with Crippen LogP contribution in [0.5, 0.6) is 0 Å². The van der Waals surface area contributed by atoms with E-state index < -0.39 is 6.10 Å². The Bertz CT molecular complexity index is 285. The molecule has 3 nitrogen and oxygen atoms in total. The Labute approximate surface area is 117 Å². The molecule has 3 heteroatoms. The molecule has 19 heavy (non-hydrogen) atoms. The molecule has 1 aromatic rings. The molecule has 0 aliphatic carbocycles. The van der Waals surface area contributed by atoms with Gasteiger partial charge in [-0.2, -0.15) is 0 Å². The number of aliphatic hydroxyl groups is 1. The second kappa shape index (κ2) is 11.1. The zero-order chi connectivity index (χ0) is 13.8. The minimum atomic E-state index is -0.524. The molecule has 0 radical (unpaired) electrons. The third kappa shape index (κ3) is 8.06. The average molecular weight is 267 g/mol. The van der Waals surface area contributed by atoms with Gasteiger partial charge < -0.3 is 14.8 Å². The Morgan fingerprint density at radius 3 is 2.42 bits per heavy atom. The van der Waals surface area contributed by atoms with Gasteiger partial charge in [-0.15, -0.1) is 0 Å². The Kier molecular flexibility index (Phi) is 9.46. The summed E-state index contributed by atoms with van der Waals surface area (Å²) in [5.41, 5.74) is 0. The molecule has 1 aromatic heterocycles. The molecule has 2 N–H and O–H groups in total. The summed E-state index contributed by atoms with van der Waals surface area (Å²) < 4.78 is 5.15. The number of nitrogens with one attached hydrogen (secondary N) is 1. The van der Waals surface area contributed by atoms with E-state index in [1.165, 1.54) is 51.4 Å². The molecule has 0 aliphatic rings. The lowest BCUT2D eigenvalue weighted by molar-refractivity contribution is 0.147. The van der Waals surface area contributed by atoms with Crippen molar-refractivity contribution in [3.05, 3.63) is 24.2 Å². The lowest BCUT2D eigenvalue weighted by atomic mass is 10.1. The molecule has 0 aromatic carbocycles. The summed E-state index contributed by atoms with van der Waals surface area (Å²) in [5.74, 6) is 0.642. The van der Waals surface area contributed by atoms with E-state index >= 15 is 0 Å². The van der Waals surface area contributed by atoms with Gasteiger partial charge >= 0.3 is 0 Å². The smallest absolute Gasteiger partial charge is 0.133 e. The monoisotopic (exact) mass is 267 g/mol. The average Bonchev–Trinajstić information content (AvgIpc) is 2.95. The van der Waals surface area contributed by atoms with Crippen molar-refractivity contribution in [1.29, 1.82) is 0 Å². The van der Waals surface area contributed by atoms with Crippen LogP contribution in [0.4, 0.5) is 0 Å². The van der Waals surface area contributed by atoms with Crippen molar-refractivity contribution < 1.29 is 9.52 Å². The zero-order valence-electron chi connectivity index (χ0n) is 12.2. The van der Waals surface area contributed by atoms with Gasteiger partial charge in [-0.1, -0.05) is 51.9 Å². The molecule has 0 saturated heterocycles. The van der Waals surface area contributed by atoms with Gasteiger partial charge in [0.2, 0.25) is 0 Å². The van der Waals surface area contributed by atoms with Crippen LogP contribution in [0.1, 0.15) is 70.2 Å². The number of hydrogen-bond donors (Lipinski definition) is 2. The molecule has 0 spiro atoms. The first-order valence-corrected chi connectivity index (χ1v) is 7.76. The highest BCUT2D eigenvalue weighted by molar-refractivity contribution is 5.01. The Balaban J connectivity index is 1.83. The summed E-state index contributed by atoms with van der Waals surface area (Å²) in [6.45, 7) is 3.81. The van der Waals surface area contributed by atoms with E-state index in [1.807, 2.05) is 6.07 Å². The number of hydrogen-bond acceptors (Lipinski definition) is 3. The SMILES string of the molecule is CCCCCCCCCCNCC(O)c1ccco1. The van der Waals surface area contributed by atoms with Gasteiger partial charge in [-0.3, -0.25) is 0 Å². The molecule has 0 saturated carbocycles. The Morgan fingerprint density at radius 1 is 1.11 bits per heavy atom. The van der Waals surface area contributed by atoms with E-state index in [2.05, 4.69) is 12.2 Å². The molecular weight excluding hydrogens is 238 g/mol. The van der Waals surface area contributed by atoms with E-state index in [0.717, 1.165) is 6.54 Å². The van der Waals surface area contributed by atoms with E-state index in [0.29, 0.717) is 12.3 Å². The zero-order valence-corrected chi connectivity index (χ0v) is 12.2. The van der Waals surface area contributed by atoms with Crippen LogP contribution in [0.15, 0.2) is 22.8 Å². The Hall–Kier alpha value is -0.800. The van der Waals surface area contributed by atoms with Crippen molar-refractivity contribution in [1.82, 2.24) is 5.32 Å². The van der Waals surface area contributed by atoms with Gasteiger partial charge in [0, 0.05) is 6.54 Å². The number of furan rings is 1. The predicted octanol–water partition coefficient (Wildman–Crippen LogP) is 4.04. The molecule has 0 bridgehead atoms. The third-order valence-electron chi connectivity index (χ3n) is 3.42. The van der Waals surface area contributed by atoms with Crippen LogP contribution in [0.2, 0.25) is 0 Å². The van der Waals surface area contributed by atoms with Crippen LogP contribution >= 0.6 is 0 Å². The van der Waals surface area contributed by atoms with Crippen molar-refractivity contribution in [3.63, 3.8) is 0 Å². The quantitative estimate of drug-likeness (QED) is 0.562. The fourth-order valence-corrected chi connectivity index (χ4v) is 2.20. The molecule has 0 amide bonds. The molecule has 0 aliphatic heterocycles. The van der Waals surface area contributed by atoms with Gasteiger partial charge in [0.05, 0.1) is 6.26 Å². The second-order valence-corrected chi connectivity index (χ2v) is 5.21. The van der Waals surface area contributed by atoms with Crippen molar-refractivity contribution in [2.45, 2.75) is 64.4 Å². The van der Waals surface area contributed by atoms with Crippen molar-refractivity contribution >= 4 is 0 Å². The maximum Gasteiger partial charge on any atom is 0.133 e. The molecule has 0 fully saturated rings. The van der Waals surface area contributed by atoms with E-state index in [9.17, 15) is 5.11 Å². The van der Waals surface area contributed by atoms with Crippen LogP contribution < -0.4 is 5.32 Å². The molecule has 1 rings (SSSR count). The summed E-state index contributed by atoms with van der Waals surface area (Å²) in [6, 6.07) is 3.61. The third-order valence-corrected chi connectivity index (χ3v) is 3.42. The number of unbranched alkanes of at least 4 members (excludes halogenated alkanes) is 7. The van der Waals surface area contributed by atoms with E-state index in [1.54, 1.807) is 12.3 Å². The summed E-state index contributed by atoms with van der Waals surface area (Å²) in [4.78, 5) is 0. The topological polar surface area (TPSA) is 45.4 Å². The molecule has 110 valence electrons. The van der Waals surface area contributed by atoms with Crippen molar-refractivity contribution in [2.24, 2.45) is 0 Å². The van der Waals surface area contributed by atoms with Crippen LogP contribution in [-0.2, 0) is 0 Å². The van der Waals surface area contributed by atoms with Gasteiger partial charge in [0.1, 0.15) is 11.9 Å². The summed E-state index contributed by atoms with van der Waals surface area (Å²) in [5, 5.41) is 13.1. The maximum absolute atomic E-state index is 9.78. The predicted molar refractivity (Wildman–Crippen MR) is 79.1 cm³/mol. The Morgan fingerprint density at radius 2 is 1.79 bits per heavy atom. The van der Waals surface area contributed by atoms with Gasteiger partial charge in [0.15, 0.2) is 0 Å². The maximum atomic E-state index is 9.78. The van der Waals surface area contributed by atoms with E-state index in [-0.39, 0.29) is 0 Å². The van der Waals surface area contributed by atoms with Crippen LogP contribution in [0.25, 0.3) is 0 Å². The molecule has 1 atom stereocenters. The van der Waals surface area contributed by atoms with Gasteiger partial charge in [-0.05, 0) is 25.1 Å². The fourth-order valence-electron chi connectivity index (χ4n) is 2.20. The second-order valence-electron chi connectivity index (χ2n) is 5.21.